The van der Waals surface area contributed by atoms with Crippen molar-refractivity contribution in [3.05, 3.63) is 0 Å². The van der Waals surface area contributed by atoms with E-state index in [9.17, 15) is 4.79 Å². The first-order chi connectivity index (χ1) is 13.6. The molecule has 2 unspecified atom stereocenters. The summed E-state index contributed by atoms with van der Waals surface area (Å²) in [5.74, 6) is -0.655. The quantitative estimate of drug-likeness (QED) is 0.220. The van der Waals surface area contributed by atoms with E-state index < -0.39 is 5.97 Å². The van der Waals surface area contributed by atoms with Gasteiger partial charge < -0.3 is 32.2 Å². The van der Waals surface area contributed by atoms with Crippen LogP contribution < -0.4 is 12.4 Å². The number of unbranched alkanes of at least 4 members (excludes halogenated alkanes) is 12. The second-order valence-electron chi connectivity index (χ2n) is 9.39. The molecule has 0 rings (SSSR count). The van der Waals surface area contributed by atoms with Crippen molar-refractivity contribution in [3.8, 4) is 0 Å². The topological polar surface area (TPSA) is 77.8 Å². The third-order valence-electron chi connectivity index (χ3n) is 5.01. The molecule has 0 aromatic rings. The normalized spacial score (nSPS) is 13.0. The minimum Gasteiger partial charge on any atom is -1.00 e. The molecular weight excluding hydrogens is 402 g/mol. The summed E-state index contributed by atoms with van der Waals surface area (Å²) < 4.78 is 0.662. The van der Waals surface area contributed by atoms with Crippen LogP contribution in [0.15, 0.2) is 0 Å². The van der Waals surface area contributed by atoms with Crippen LogP contribution in [-0.4, -0.2) is 65.2 Å². The van der Waals surface area contributed by atoms with Gasteiger partial charge in [0.25, 0.3) is 0 Å². The van der Waals surface area contributed by atoms with Crippen molar-refractivity contribution in [1.82, 2.24) is 0 Å². The lowest BCUT2D eigenvalue weighted by Crippen LogP contribution is -3.00. The van der Waals surface area contributed by atoms with Crippen LogP contribution >= 0.6 is 0 Å². The molecule has 6 heteroatoms. The first-order valence-corrected chi connectivity index (χ1v) is 12.0. The smallest absolute Gasteiger partial charge is 0.303 e. The maximum atomic E-state index is 10.3. The number of rotatable bonds is 18. The number of aliphatic hydroxyl groups is 2. The molecule has 0 amide bonds. The Kier molecular flexibility index (Phi) is 26.6. The molecule has 184 valence electrons. The van der Waals surface area contributed by atoms with E-state index in [1.165, 1.54) is 70.6 Å². The molecule has 0 aliphatic rings. The van der Waals surface area contributed by atoms with Crippen molar-refractivity contribution >= 4 is 5.97 Å². The molecule has 0 fully saturated rings. The summed E-state index contributed by atoms with van der Waals surface area (Å²) in [5.41, 5.74) is 0. The molecule has 0 radical (unpaired) electrons. The third-order valence-corrected chi connectivity index (χ3v) is 5.01. The standard InChI is InChI=1S/C16H32O2.C8H20NO2.ClH/c1-2-3-4-5-6-7-8-9-10-11-12-13-14-15-16(17)18;1-7(10)5-9(3,4)6-8(2)11;/h2-15H2,1H3,(H,17,18);7-8,10-11H,5-6H2,1-4H3;1H/q;+1;/p-1. The molecule has 2 atom stereocenters. The summed E-state index contributed by atoms with van der Waals surface area (Å²) in [6.07, 6.45) is 16.7. The van der Waals surface area contributed by atoms with Gasteiger partial charge in [-0.25, -0.2) is 0 Å². The molecule has 0 bridgehead atoms. The summed E-state index contributed by atoms with van der Waals surface area (Å²) in [6, 6.07) is 0. The maximum Gasteiger partial charge on any atom is 0.303 e. The van der Waals surface area contributed by atoms with Crippen LogP contribution in [0.25, 0.3) is 0 Å². The molecule has 30 heavy (non-hydrogen) atoms. The van der Waals surface area contributed by atoms with E-state index in [0.717, 1.165) is 12.8 Å². The van der Waals surface area contributed by atoms with Crippen LogP contribution in [0.1, 0.15) is 111 Å². The molecule has 0 saturated heterocycles. The number of nitrogens with zero attached hydrogens (tertiary/aromatic N) is 1. The highest BCUT2D eigenvalue weighted by molar-refractivity contribution is 5.66. The van der Waals surface area contributed by atoms with Gasteiger partial charge in [0.2, 0.25) is 0 Å². The minimum absolute atomic E-state index is 0. The van der Waals surface area contributed by atoms with Crippen molar-refractivity contribution in [1.29, 1.82) is 0 Å². The summed E-state index contributed by atoms with van der Waals surface area (Å²) in [6.45, 7) is 7.16. The fourth-order valence-electron chi connectivity index (χ4n) is 3.80. The van der Waals surface area contributed by atoms with E-state index in [4.69, 9.17) is 15.3 Å². The van der Waals surface area contributed by atoms with Gasteiger partial charge in [-0.05, 0) is 20.3 Å². The van der Waals surface area contributed by atoms with Crippen LogP contribution in [0.4, 0.5) is 0 Å². The van der Waals surface area contributed by atoms with Gasteiger partial charge in [0.1, 0.15) is 25.3 Å². The number of aliphatic carboxylic acids is 1. The largest absolute Gasteiger partial charge is 1.00 e. The first-order valence-electron chi connectivity index (χ1n) is 12.0. The predicted molar refractivity (Wildman–Crippen MR) is 123 cm³/mol. The van der Waals surface area contributed by atoms with Gasteiger partial charge in [-0.2, -0.15) is 0 Å². The van der Waals surface area contributed by atoms with Crippen molar-refractivity contribution in [2.45, 2.75) is 123 Å². The molecule has 0 aliphatic heterocycles. The van der Waals surface area contributed by atoms with E-state index >= 15 is 0 Å². The molecule has 5 nitrogen and oxygen atoms in total. The zero-order valence-electron chi connectivity index (χ0n) is 20.5. The van der Waals surface area contributed by atoms with Crippen molar-refractivity contribution < 1.29 is 37.0 Å². The number of hydrogen-bond acceptors (Lipinski definition) is 3. The molecule has 3 N–H and O–H groups in total. The van der Waals surface area contributed by atoms with Crippen molar-refractivity contribution in [2.75, 3.05) is 27.2 Å². The molecule has 0 spiro atoms. The summed E-state index contributed by atoms with van der Waals surface area (Å²) >= 11 is 0. The highest BCUT2D eigenvalue weighted by Gasteiger charge is 2.19. The third kappa shape index (κ3) is 32.3. The average molecular weight is 454 g/mol. The van der Waals surface area contributed by atoms with E-state index in [1.54, 1.807) is 13.8 Å². The molecule has 0 aromatic carbocycles. The van der Waals surface area contributed by atoms with Crippen LogP contribution in [0.3, 0.4) is 0 Å². The van der Waals surface area contributed by atoms with E-state index in [2.05, 4.69) is 6.92 Å². The van der Waals surface area contributed by atoms with Crippen LogP contribution in [0.5, 0.6) is 0 Å². The first kappa shape index (κ1) is 34.3. The Bertz CT molecular complexity index is 351. The second-order valence-corrected chi connectivity index (χ2v) is 9.39. The Morgan fingerprint density at radius 1 is 0.700 bits per heavy atom. The summed E-state index contributed by atoms with van der Waals surface area (Å²) in [7, 11) is 4.00. The number of halogens is 1. The average Bonchev–Trinajstić information content (AvgIpc) is 2.57. The Morgan fingerprint density at radius 3 is 1.27 bits per heavy atom. The minimum atomic E-state index is -0.655. The lowest BCUT2D eigenvalue weighted by Gasteiger charge is -2.31. The highest BCUT2D eigenvalue weighted by Crippen LogP contribution is 2.12. The molecular formula is C24H52ClNO4. The fourth-order valence-corrected chi connectivity index (χ4v) is 3.80. The lowest BCUT2D eigenvalue weighted by atomic mass is 10.0. The SMILES string of the molecule is CC(O)C[N+](C)(C)CC(C)O.CCCCCCCCCCCCCCCC(=O)O.[Cl-]. The zero-order chi connectivity index (χ0) is 22.5. The van der Waals surface area contributed by atoms with Gasteiger partial charge in [0, 0.05) is 6.42 Å². The number of carboxylic acid groups (broad SMARTS) is 1. The monoisotopic (exact) mass is 453 g/mol. The molecule has 0 aromatic heterocycles. The lowest BCUT2D eigenvalue weighted by molar-refractivity contribution is -0.895. The fraction of sp³-hybridized carbons (Fsp3) is 0.958. The molecule has 0 aliphatic carbocycles. The number of quaternary nitrogens is 1. The van der Waals surface area contributed by atoms with Gasteiger partial charge in [0.15, 0.2) is 0 Å². The zero-order valence-corrected chi connectivity index (χ0v) is 21.3. The van der Waals surface area contributed by atoms with Crippen molar-refractivity contribution in [3.63, 3.8) is 0 Å². The summed E-state index contributed by atoms with van der Waals surface area (Å²) in [4.78, 5) is 10.3. The summed E-state index contributed by atoms with van der Waals surface area (Å²) in [5, 5.41) is 26.7. The van der Waals surface area contributed by atoms with Crippen LogP contribution in [0.2, 0.25) is 0 Å². The number of likely N-dealkylation sites (N-methyl/N-ethyl adjacent to an activating group) is 1. The number of aliphatic hydroxyl groups excluding tert-OH is 2. The number of carboxylic acids is 1. The Labute approximate surface area is 193 Å². The second kappa shape index (κ2) is 23.3. The molecule has 0 heterocycles. The number of carbonyl (C=O) groups is 1. The van der Waals surface area contributed by atoms with Crippen LogP contribution in [0, 0.1) is 0 Å². The van der Waals surface area contributed by atoms with Crippen molar-refractivity contribution in [2.24, 2.45) is 0 Å². The predicted octanol–water partition coefficient (Wildman–Crippen LogP) is 2.38. The van der Waals surface area contributed by atoms with Gasteiger partial charge >= 0.3 is 5.97 Å². The van der Waals surface area contributed by atoms with Gasteiger partial charge in [-0.3, -0.25) is 4.79 Å². The van der Waals surface area contributed by atoms with Gasteiger partial charge in [-0.15, -0.1) is 0 Å². The molecule has 0 saturated carbocycles. The maximum absolute atomic E-state index is 10.3. The van der Waals surface area contributed by atoms with Gasteiger partial charge in [0.05, 0.1) is 14.1 Å². The van der Waals surface area contributed by atoms with Gasteiger partial charge in [-0.1, -0.05) is 84.0 Å². The van der Waals surface area contributed by atoms with Crippen LogP contribution in [-0.2, 0) is 4.79 Å². The Morgan fingerprint density at radius 2 is 1.00 bits per heavy atom. The number of hydrogen-bond donors (Lipinski definition) is 3. The van der Waals surface area contributed by atoms with E-state index in [0.29, 0.717) is 24.0 Å². The highest BCUT2D eigenvalue weighted by atomic mass is 35.5. The Hall–Kier alpha value is -0.360. The van der Waals surface area contributed by atoms with E-state index in [1.807, 2.05) is 14.1 Å². The Balaban J connectivity index is -0.000000525. The van der Waals surface area contributed by atoms with E-state index in [-0.39, 0.29) is 24.6 Å².